The van der Waals surface area contributed by atoms with Gasteiger partial charge in [0.25, 0.3) is 5.69 Å². The third-order valence-electron chi connectivity index (χ3n) is 5.29. The maximum Gasteiger partial charge on any atom is 0.341 e. The highest BCUT2D eigenvalue weighted by molar-refractivity contribution is 7.20. The predicted octanol–water partition coefficient (Wildman–Crippen LogP) is 5.39. The van der Waals surface area contributed by atoms with Gasteiger partial charge in [-0.15, -0.1) is 11.3 Å². The molecule has 2 aromatic carbocycles. The Bertz CT molecular complexity index is 1270. The average Bonchev–Trinajstić information content (AvgIpc) is 3.16. The number of nitrogens with zero attached hydrogens (tertiary/aromatic N) is 3. The fourth-order valence-electron chi connectivity index (χ4n) is 3.66. The van der Waals surface area contributed by atoms with Gasteiger partial charge in [0.05, 0.1) is 23.6 Å². The SMILES string of the molecule is CCOC(=O)c1c(N(Cc2c(F)cccc2F)C(C)=O)sc(-c2ccc([N+](=O)[O-])cc2)c1CN(C)C. The predicted molar refractivity (Wildman–Crippen MR) is 133 cm³/mol. The summed E-state index contributed by atoms with van der Waals surface area (Å²) in [5, 5.41) is 11.3. The summed E-state index contributed by atoms with van der Waals surface area (Å²) in [6, 6.07) is 9.20. The molecule has 0 spiro atoms. The molecule has 0 atom stereocenters. The van der Waals surface area contributed by atoms with Gasteiger partial charge in [0.15, 0.2) is 0 Å². The van der Waals surface area contributed by atoms with Gasteiger partial charge in [-0.3, -0.25) is 19.8 Å². The van der Waals surface area contributed by atoms with Crippen LogP contribution in [0, 0.1) is 21.7 Å². The first-order chi connectivity index (χ1) is 17.0. The van der Waals surface area contributed by atoms with Gasteiger partial charge in [-0.05, 0) is 50.8 Å². The Balaban J connectivity index is 2.27. The largest absolute Gasteiger partial charge is 0.462 e. The number of esters is 1. The summed E-state index contributed by atoms with van der Waals surface area (Å²) in [6.45, 7) is 2.79. The van der Waals surface area contributed by atoms with E-state index in [1.165, 1.54) is 25.1 Å². The third kappa shape index (κ3) is 5.74. The molecule has 11 heteroatoms. The Hall–Kier alpha value is -3.70. The van der Waals surface area contributed by atoms with E-state index in [2.05, 4.69) is 0 Å². The van der Waals surface area contributed by atoms with Crippen LogP contribution in [0.25, 0.3) is 10.4 Å². The molecule has 1 aromatic heterocycles. The zero-order chi connectivity index (χ0) is 26.6. The maximum atomic E-state index is 14.5. The highest BCUT2D eigenvalue weighted by Gasteiger charge is 2.31. The first-order valence-corrected chi connectivity index (χ1v) is 11.8. The van der Waals surface area contributed by atoms with E-state index in [-0.39, 0.29) is 35.0 Å². The molecule has 0 unspecified atom stereocenters. The van der Waals surface area contributed by atoms with Crippen LogP contribution in [0.3, 0.4) is 0 Å². The molecular formula is C25H25F2N3O5S. The molecule has 0 fully saturated rings. The van der Waals surface area contributed by atoms with E-state index in [0.717, 1.165) is 28.4 Å². The third-order valence-corrected chi connectivity index (χ3v) is 6.59. The lowest BCUT2D eigenvalue weighted by Gasteiger charge is -2.22. The van der Waals surface area contributed by atoms with E-state index in [1.807, 2.05) is 4.90 Å². The van der Waals surface area contributed by atoms with Crippen molar-refractivity contribution in [2.24, 2.45) is 0 Å². The van der Waals surface area contributed by atoms with Gasteiger partial charge in [-0.25, -0.2) is 13.6 Å². The van der Waals surface area contributed by atoms with E-state index in [4.69, 9.17) is 4.74 Å². The fourth-order valence-corrected chi connectivity index (χ4v) is 5.01. The lowest BCUT2D eigenvalue weighted by atomic mass is 10.0. The van der Waals surface area contributed by atoms with Gasteiger partial charge < -0.3 is 9.64 Å². The molecule has 1 amide bonds. The Morgan fingerprint density at radius 1 is 1.03 bits per heavy atom. The number of hydrogen-bond donors (Lipinski definition) is 0. The Kier molecular flexibility index (Phi) is 8.49. The van der Waals surface area contributed by atoms with Crippen LogP contribution in [0.4, 0.5) is 19.5 Å². The molecule has 8 nitrogen and oxygen atoms in total. The lowest BCUT2D eigenvalue weighted by Crippen LogP contribution is -2.30. The number of halogens is 2. The molecule has 36 heavy (non-hydrogen) atoms. The smallest absolute Gasteiger partial charge is 0.341 e. The van der Waals surface area contributed by atoms with Crippen molar-refractivity contribution in [1.29, 1.82) is 0 Å². The highest BCUT2D eigenvalue weighted by Crippen LogP contribution is 2.44. The molecule has 0 aliphatic carbocycles. The number of nitro benzene ring substituents is 1. The molecule has 3 aromatic rings. The lowest BCUT2D eigenvalue weighted by molar-refractivity contribution is -0.384. The van der Waals surface area contributed by atoms with Gasteiger partial charge >= 0.3 is 5.97 Å². The number of non-ortho nitro benzene ring substituents is 1. The monoisotopic (exact) mass is 517 g/mol. The van der Waals surface area contributed by atoms with Crippen LogP contribution >= 0.6 is 11.3 Å². The first-order valence-electron chi connectivity index (χ1n) is 11.0. The van der Waals surface area contributed by atoms with E-state index < -0.39 is 35.0 Å². The zero-order valence-electron chi connectivity index (χ0n) is 20.2. The van der Waals surface area contributed by atoms with E-state index in [9.17, 15) is 28.5 Å². The number of nitro groups is 1. The van der Waals surface area contributed by atoms with Crippen molar-refractivity contribution in [2.75, 3.05) is 25.6 Å². The normalized spacial score (nSPS) is 11.0. The maximum absolute atomic E-state index is 14.5. The van der Waals surface area contributed by atoms with Crippen molar-refractivity contribution in [3.63, 3.8) is 0 Å². The number of carbonyl (C=O) groups excluding carboxylic acids is 2. The molecule has 0 saturated heterocycles. The van der Waals surface area contributed by atoms with Crippen molar-refractivity contribution in [3.8, 4) is 10.4 Å². The summed E-state index contributed by atoms with van der Waals surface area (Å²) in [6.07, 6.45) is 0. The summed E-state index contributed by atoms with van der Waals surface area (Å²) in [5.41, 5.74) is 0.806. The minimum atomic E-state index is -0.820. The Morgan fingerprint density at radius 2 is 1.64 bits per heavy atom. The second-order valence-electron chi connectivity index (χ2n) is 8.16. The number of benzene rings is 2. The number of anilines is 1. The summed E-state index contributed by atoms with van der Waals surface area (Å²) in [4.78, 5) is 40.0. The average molecular weight is 518 g/mol. The Morgan fingerprint density at radius 3 is 2.14 bits per heavy atom. The van der Waals surface area contributed by atoms with Gasteiger partial charge in [0, 0.05) is 41.6 Å². The van der Waals surface area contributed by atoms with E-state index >= 15 is 0 Å². The standard InChI is InChI=1S/C25H25F2N3O5S/c1-5-35-25(32)22-19(13-28(3)4)23(16-9-11-17(12-10-16)30(33)34)36-24(22)29(15(2)31)14-18-20(26)7-6-8-21(18)27/h6-12H,5,13-14H2,1-4H3. The van der Waals surface area contributed by atoms with E-state index in [1.54, 1.807) is 33.2 Å². The molecule has 1 heterocycles. The number of rotatable bonds is 9. The van der Waals surface area contributed by atoms with Crippen molar-refractivity contribution in [3.05, 3.63) is 80.9 Å². The highest BCUT2D eigenvalue weighted by atomic mass is 32.1. The number of thiophene rings is 1. The van der Waals surface area contributed by atoms with Crippen molar-refractivity contribution in [2.45, 2.75) is 26.9 Å². The van der Waals surface area contributed by atoms with Gasteiger partial charge in [-0.1, -0.05) is 6.07 Å². The summed E-state index contributed by atoms with van der Waals surface area (Å²) < 4.78 is 34.2. The molecule has 0 bridgehead atoms. The summed E-state index contributed by atoms with van der Waals surface area (Å²) in [7, 11) is 3.59. The Labute approximate surface area is 210 Å². The minimum Gasteiger partial charge on any atom is -0.462 e. The quantitative estimate of drug-likeness (QED) is 0.215. The molecular weight excluding hydrogens is 492 g/mol. The number of amides is 1. The van der Waals surface area contributed by atoms with Crippen molar-refractivity contribution >= 4 is 33.9 Å². The zero-order valence-corrected chi connectivity index (χ0v) is 21.0. The van der Waals surface area contributed by atoms with Crippen LogP contribution in [0.5, 0.6) is 0 Å². The molecule has 3 rings (SSSR count). The fraction of sp³-hybridized carbons (Fsp3) is 0.280. The topological polar surface area (TPSA) is 93.0 Å². The van der Waals surface area contributed by atoms with Crippen LogP contribution in [0.1, 0.15) is 35.3 Å². The van der Waals surface area contributed by atoms with Gasteiger partial charge in [0.1, 0.15) is 16.6 Å². The number of carbonyl (C=O) groups is 2. The van der Waals surface area contributed by atoms with Crippen LogP contribution in [0.2, 0.25) is 0 Å². The molecule has 0 aliphatic heterocycles. The first kappa shape index (κ1) is 26.9. The van der Waals surface area contributed by atoms with Crippen molar-refractivity contribution in [1.82, 2.24) is 4.90 Å². The van der Waals surface area contributed by atoms with Crippen LogP contribution < -0.4 is 4.90 Å². The summed E-state index contributed by atoms with van der Waals surface area (Å²) in [5.74, 6) is -2.86. The molecule has 0 N–H and O–H groups in total. The van der Waals surface area contributed by atoms with E-state index in [0.29, 0.717) is 16.0 Å². The number of ether oxygens (including phenoxy) is 1. The van der Waals surface area contributed by atoms with Crippen LogP contribution in [-0.4, -0.2) is 42.4 Å². The van der Waals surface area contributed by atoms with Crippen LogP contribution in [-0.2, 0) is 22.6 Å². The molecule has 190 valence electrons. The molecule has 0 saturated carbocycles. The molecule has 0 aliphatic rings. The summed E-state index contributed by atoms with van der Waals surface area (Å²) >= 11 is 1.08. The minimum absolute atomic E-state index is 0.0738. The molecule has 0 radical (unpaired) electrons. The second-order valence-corrected chi connectivity index (χ2v) is 9.16. The van der Waals surface area contributed by atoms with Gasteiger partial charge in [0.2, 0.25) is 5.91 Å². The van der Waals surface area contributed by atoms with Crippen LogP contribution in [0.15, 0.2) is 42.5 Å². The van der Waals surface area contributed by atoms with Gasteiger partial charge in [-0.2, -0.15) is 0 Å². The van der Waals surface area contributed by atoms with Crippen molar-refractivity contribution < 1.29 is 28.0 Å². The second kappa shape index (κ2) is 11.4. The number of hydrogen-bond acceptors (Lipinski definition) is 7.